The molecule has 1 fully saturated rings. The normalized spacial score (nSPS) is 19.6. The molecule has 0 radical (unpaired) electrons. The molecule has 2 rings (SSSR count). The third kappa shape index (κ3) is 2.42. The fraction of sp³-hybridized carbons (Fsp3) is 0.846. The number of nitrogens with two attached hydrogens (primary N) is 1. The van der Waals surface area contributed by atoms with E-state index in [2.05, 4.69) is 21.9 Å². The first-order valence-corrected chi connectivity index (χ1v) is 6.85. The third-order valence-electron chi connectivity index (χ3n) is 4.14. The average molecular weight is 252 g/mol. The minimum absolute atomic E-state index is 0.0177. The van der Waals surface area contributed by atoms with Gasteiger partial charge < -0.3 is 10.5 Å². The molecule has 0 bridgehead atoms. The molecule has 2 N–H and O–H groups in total. The van der Waals surface area contributed by atoms with Crippen LogP contribution >= 0.6 is 0 Å². The van der Waals surface area contributed by atoms with Crippen molar-refractivity contribution in [2.24, 2.45) is 11.7 Å². The second kappa shape index (κ2) is 5.80. The predicted molar refractivity (Wildman–Crippen MR) is 70.3 cm³/mol. The first kappa shape index (κ1) is 13.5. The lowest BCUT2D eigenvalue weighted by Crippen LogP contribution is -2.26. The summed E-state index contributed by atoms with van der Waals surface area (Å²) in [6.45, 7) is 4.87. The molecule has 1 aromatic heterocycles. The molecule has 1 aromatic rings. The number of hydrogen-bond acceptors (Lipinski definition) is 4. The summed E-state index contributed by atoms with van der Waals surface area (Å²) in [5.74, 6) is 0.736. The largest absolute Gasteiger partial charge is 0.375 e. The van der Waals surface area contributed by atoms with E-state index in [1.165, 1.54) is 19.3 Å². The molecule has 2 unspecified atom stereocenters. The summed E-state index contributed by atoms with van der Waals surface area (Å²) < 4.78 is 7.52. The second-order valence-corrected chi connectivity index (χ2v) is 5.21. The fourth-order valence-corrected chi connectivity index (χ4v) is 2.60. The molecule has 2 atom stereocenters. The van der Waals surface area contributed by atoms with E-state index >= 15 is 0 Å². The maximum atomic E-state index is 5.64. The topological polar surface area (TPSA) is 66.0 Å². The highest BCUT2D eigenvalue weighted by Gasteiger charge is 2.29. The molecule has 1 saturated carbocycles. The highest BCUT2D eigenvalue weighted by Crippen LogP contribution is 2.37. The van der Waals surface area contributed by atoms with Crippen LogP contribution in [0.2, 0.25) is 0 Å². The van der Waals surface area contributed by atoms with Crippen LogP contribution in [0.3, 0.4) is 0 Å². The Kier molecular flexibility index (Phi) is 4.35. The van der Waals surface area contributed by atoms with Gasteiger partial charge in [-0.1, -0.05) is 11.6 Å². The van der Waals surface area contributed by atoms with Crippen LogP contribution in [0.15, 0.2) is 0 Å². The van der Waals surface area contributed by atoms with Crippen molar-refractivity contribution in [1.29, 1.82) is 0 Å². The number of rotatable bonds is 6. The van der Waals surface area contributed by atoms with Crippen LogP contribution in [0, 0.1) is 5.92 Å². The zero-order valence-corrected chi connectivity index (χ0v) is 11.6. The van der Waals surface area contributed by atoms with Gasteiger partial charge in [0.05, 0.1) is 23.5 Å². The summed E-state index contributed by atoms with van der Waals surface area (Å²) in [5, 5.41) is 8.63. The monoisotopic (exact) mass is 252 g/mol. The highest BCUT2D eigenvalue weighted by molar-refractivity contribution is 5.14. The van der Waals surface area contributed by atoms with Crippen LogP contribution in [0.4, 0.5) is 0 Å². The lowest BCUT2D eigenvalue weighted by Gasteiger charge is -2.32. The molecular formula is C13H24N4O. The molecule has 0 amide bonds. The predicted octanol–water partition coefficient (Wildman–Crippen LogP) is 1.85. The van der Waals surface area contributed by atoms with E-state index < -0.39 is 0 Å². The van der Waals surface area contributed by atoms with Crippen LogP contribution in [0.25, 0.3) is 0 Å². The molecule has 0 spiro atoms. The highest BCUT2D eigenvalue weighted by atomic mass is 16.5. The molecule has 0 aliphatic heterocycles. The van der Waals surface area contributed by atoms with Crippen molar-refractivity contribution in [3.8, 4) is 0 Å². The number of methoxy groups -OCH3 is 1. The van der Waals surface area contributed by atoms with Crippen molar-refractivity contribution in [2.45, 2.75) is 51.7 Å². The Morgan fingerprint density at radius 3 is 2.67 bits per heavy atom. The second-order valence-electron chi connectivity index (χ2n) is 5.21. The van der Waals surface area contributed by atoms with Gasteiger partial charge in [-0.05, 0) is 39.2 Å². The molecule has 18 heavy (non-hydrogen) atoms. The molecular weight excluding hydrogens is 228 g/mol. The van der Waals surface area contributed by atoms with E-state index in [4.69, 9.17) is 10.5 Å². The Hall–Kier alpha value is -0.940. The minimum Gasteiger partial charge on any atom is -0.375 e. The van der Waals surface area contributed by atoms with E-state index in [1.54, 1.807) is 7.11 Å². The summed E-state index contributed by atoms with van der Waals surface area (Å²) in [6, 6.07) is 0.408. The number of nitrogens with zero attached hydrogens (tertiary/aromatic N) is 3. The number of aromatic nitrogens is 3. The first-order chi connectivity index (χ1) is 8.69. The fourth-order valence-electron chi connectivity index (χ4n) is 2.60. The van der Waals surface area contributed by atoms with Gasteiger partial charge in [-0.15, -0.1) is 5.10 Å². The van der Waals surface area contributed by atoms with E-state index in [1.807, 2.05) is 6.92 Å². The summed E-state index contributed by atoms with van der Waals surface area (Å²) in [4.78, 5) is 0. The zero-order chi connectivity index (χ0) is 13.1. The molecule has 1 aliphatic carbocycles. The van der Waals surface area contributed by atoms with E-state index in [0.29, 0.717) is 12.6 Å². The lowest BCUT2D eigenvalue weighted by atomic mass is 9.80. The van der Waals surface area contributed by atoms with E-state index in [-0.39, 0.29) is 6.10 Å². The van der Waals surface area contributed by atoms with Gasteiger partial charge >= 0.3 is 0 Å². The van der Waals surface area contributed by atoms with Crippen molar-refractivity contribution in [2.75, 3.05) is 13.7 Å². The van der Waals surface area contributed by atoms with Crippen molar-refractivity contribution in [3.63, 3.8) is 0 Å². The quantitative estimate of drug-likeness (QED) is 0.839. The van der Waals surface area contributed by atoms with Crippen molar-refractivity contribution in [1.82, 2.24) is 15.0 Å². The Labute approximate surface area is 109 Å². The maximum absolute atomic E-state index is 5.64. The Bertz CT molecular complexity index is 386. The summed E-state index contributed by atoms with van der Waals surface area (Å²) >= 11 is 0. The standard InChI is InChI=1S/C13H24N4O/c1-9(11-5-4-6-11)17-13(10(2)18-3)12(7-8-14)15-16-17/h9-11H,4-8,14H2,1-3H3. The molecule has 0 aromatic carbocycles. The Morgan fingerprint density at radius 1 is 1.44 bits per heavy atom. The first-order valence-electron chi connectivity index (χ1n) is 6.85. The van der Waals surface area contributed by atoms with Crippen LogP contribution in [0.1, 0.15) is 56.6 Å². The molecule has 1 heterocycles. The number of hydrogen-bond donors (Lipinski definition) is 1. The van der Waals surface area contributed by atoms with Crippen LogP contribution in [-0.4, -0.2) is 28.6 Å². The van der Waals surface area contributed by atoms with Gasteiger partial charge in [-0.2, -0.15) is 0 Å². The molecule has 5 nitrogen and oxygen atoms in total. The third-order valence-corrected chi connectivity index (χ3v) is 4.14. The van der Waals surface area contributed by atoms with Gasteiger partial charge in [0.15, 0.2) is 0 Å². The van der Waals surface area contributed by atoms with Gasteiger partial charge in [0, 0.05) is 13.5 Å². The van der Waals surface area contributed by atoms with Crippen LogP contribution in [0.5, 0.6) is 0 Å². The summed E-state index contributed by atoms with van der Waals surface area (Å²) in [6.07, 6.45) is 4.72. The van der Waals surface area contributed by atoms with Gasteiger partial charge in [0.25, 0.3) is 0 Å². The summed E-state index contributed by atoms with van der Waals surface area (Å²) in [5.41, 5.74) is 7.72. The van der Waals surface area contributed by atoms with E-state index in [0.717, 1.165) is 23.7 Å². The van der Waals surface area contributed by atoms with Gasteiger partial charge in [-0.3, -0.25) is 0 Å². The smallest absolute Gasteiger partial charge is 0.0979 e. The minimum atomic E-state index is 0.0177. The lowest BCUT2D eigenvalue weighted by molar-refractivity contribution is 0.103. The number of ether oxygens (including phenoxy) is 1. The Morgan fingerprint density at radius 2 is 2.17 bits per heavy atom. The van der Waals surface area contributed by atoms with Gasteiger partial charge in [0.1, 0.15) is 0 Å². The molecule has 102 valence electrons. The molecule has 0 saturated heterocycles. The maximum Gasteiger partial charge on any atom is 0.0979 e. The molecule has 1 aliphatic rings. The van der Waals surface area contributed by atoms with Crippen molar-refractivity contribution in [3.05, 3.63) is 11.4 Å². The van der Waals surface area contributed by atoms with Crippen LogP contribution in [-0.2, 0) is 11.2 Å². The van der Waals surface area contributed by atoms with Gasteiger partial charge in [-0.25, -0.2) is 4.68 Å². The summed E-state index contributed by atoms with van der Waals surface area (Å²) in [7, 11) is 1.72. The average Bonchev–Trinajstić information content (AvgIpc) is 2.70. The van der Waals surface area contributed by atoms with Crippen molar-refractivity contribution >= 4 is 0 Å². The Balaban J connectivity index is 2.27. The van der Waals surface area contributed by atoms with Crippen LogP contribution < -0.4 is 5.73 Å². The SMILES string of the molecule is COC(C)c1c(CCN)nnn1C(C)C1CCC1. The zero-order valence-electron chi connectivity index (χ0n) is 11.6. The van der Waals surface area contributed by atoms with Crippen molar-refractivity contribution < 1.29 is 4.74 Å². The van der Waals surface area contributed by atoms with Gasteiger partial charge in [0.2, 0.25) is 0 Å². The van der Waals surface area contributed by atoms with E-state index in [9.17, 15) is 0 Å². The molecule has 5 heteroatoms.